The van der Waals surface area contributed by atoms with E-state index >= 15 is 0 Å². The van der Waals surface area contributed by atoms with Gasteiger partial charge in [-0.15, -0.1) is 23.2 Å². The van der Waals surface area contributed by atoms with Gasteiger partial charge in [-0.05, 0) is 45.2 Å². The Hall–Kier alpha value is 1.78. The minimum Gasteiger partial charge on any atom is -0.121 e. The summed E-state index contributed by atoms with van der Waals surface area (Å²) in [4.78, 5) is 0. The molecule has 0 amide bonds. The van der Waals surface area contributed by atoms with Gasteiger partial charge in [-0.3, -0.25) is 0 Å². The fourth-order valence-electron chi connectivity index (χ4n) is 0.145. The highest BCUT2D eigenvalue weighted by Crippen LogP contribution is 2.20. The maximum atomic E-state index is 5.50. The molecular weight excluding hydrogens is 373 g/mol. The highest BCUT2D eigenvalue weighted by molar-refractivity contribution is 14.1. The SMILES string of the molecule is ClC/C(I)=C(\I)CCl. The number of hydrogen-bond acceptors (Lipinski definition) is 0. The van der Waals surface area contributed by atoms with E-state index in [2.05, 4.69) is 45.2 Å². The molecule has 48 valence electrons. The zero-order valence-electron chi connectivity index (χ0n) is 3.93. The van der Waals surface area contributed by atoms with Gasteiger partial charge in [0, 0.05) is 7.16 Å². The molecule has 0 aromatic carbocycles. The van der Waals surface area contributed by atoms with Crippen LogP contribution in [0.5, 0.6) is 0 Å². The van der Waals surface area contributed by atoms with Crippen molar-refractivity contribution >= 4 is 68.4 Å². The number of allylic oxidation sites excluding steroid dienone is 2. The van der Waals surface area contributed by atoms with E-state index in [0.29, 0.717) is 11.8 Å². The largest absolute Gasteiger partial charge is 0.121 e. The van der Waals surface area contributed by atoms with Crippen LogP contribution in [0, 0.1) is 0 Å². The Morgan fingerprint density at radius 3 is 1.38 bits per heavy atom. The number of halogens is 4. The zero-order chi connectivity index (χ0) is 6.57. The topological polar surface area (TPSA) is 0 Å². The molecule has 0 radical (unpaired) electrons. The Labute approximate surface area is 86.3 Å². The molecular formula is C4H4Cl2I2. The van der Waals surface area contributed by atoms with Crippen molar-refractivity contribution in [1.29, 1.82) is 0 Å². The third-order valence-corrected chi connectivity index (χ3v) is 5.06. The Bertz CT molecular complexity index is 88.2. The predicted molar refractivity (Wildman–Crippen MR) is 56.5 cm³/mol. The molecule has 0 aromatic heterocycles. The Balaban J connectivity index is 3.83. The van der Waals surface area contributed by atoms with Crippen molar-refractivity contribution in [2.75, 3.05) is 11.8 Å². The van der Waals surface area contributed by atoms with Crippen molar-refractivity contribution in [2.24, 2.45) is 0 Å². The van der Waals surface area contributed by atoms with E-state index < -0.39 is 0 Å². The van der Waals surface area contributed by atoms with Gasteiger partial charge in [0.25, 0.3) is 0 Å². The Kier molecular flexibility index (Phi) is 6.79. The first-order valence-electron chi connectivity index (χ1n) is 1.87. The Morgan fingerprint density at radius 1 is 1.00 bits per heavy atom. The maximum Gasteiger partial charge on any atom is 0.0539 e. The fourth-order valence-corrected chi connectivity index (χ4v) is 1.30. The summed E-state index contributed by atoms with van der Waals surface area (Å²) in [5.74, 6) is 1.15. The molecule has 0 aliphatic rings. The van der Waals surface area contributed by atoms with E-state index in [1.165, 1.54) is 0 Å². The van der Waals surface area contributed by atoms with Gasteiger partial charge < -0.3 is 0 Å². The first-order valence-corrected chi connectivity index (χ1v) is 5.10. The van der Waals surface area contributed by atoms with Crippen LogP contribution in [0.15, 0.2) is 7.16 Å². The van der Waals surface area contributed by atoms with Crippen LogP contribution in [-0.4, -0.2) is 11.8 Å². The van der Waals surface area contributed by atoms with Gasteiger partial charge in [-0.2, -0.15) is 0 Å². The van der Waals surface area contributed by atoms with E-state index in [1.807, 2.05) is 0 Å². The van der Waals surface area contributed by atoms with Crippen molar-refractivity contribution < 1.29 is 0 Å². The lowest BCUT2D eigenvalue weighted by Gasteiger charge is -1.92. The monoisotopic (exact) mass is 376 g/mol. The summed E-state index contributed by atoms with van der Waals surface area (Å²) in [6.45, 7) is 0. The predicted octanol–water partition coefficient (Wildman–Crippen LogP) is 3.55. The average molecular weight is 377 g/mol. The second-order valence-corrected chi connectivity index (χ2v) is 4.22. The second-order valence-electron chi connectivity index (χ2n) is 1.08. The van der Waals surface area contributed by atoms with Crippen molar-refractivity contribution in [3.8, 4) is 0 Å². The lowest BCUT2D eigenvalue weighted by Crippen LogP contribution is -1.78. The smallest absolute Gasteiger partial charge is 0.0539 e. The molecule has 0 atom stereocenters. The summed E-state index contributed by atoms with van der Waals surface area (Å²) >= 11 is 15.4. The van der Waals surface area contributed by atoms with E-state index in [9.17, 15) is 0 Å². The van der Waals surface area contributed by atoms with Crippen molar-refractivity contribution in [1.82, 2.24) is 0 Å². The lowest BCUT2D eigenvalue weighted by atomic mass is 10.6. The van der Waals surface area contributed by atoms with Crippen molar-refractivity contribution in [3.63, 3.8) is 0 Å². The van der Waals surface area contributed by atoms with Gasteiger partial charge in [-0.25, -0.2) is 0 Å². The molecule has 0 heterocycles. The van der Waals surface area contributed by atoms with Crippen LogP contribution in [-0.2, 0) is 0 Å². The van der Waals surface area contributed by atoms with Crippen LogP contribution < -0.4 is 0 Å². The molecule has 0 unspecified atom stereocenters. The van der Waals surface area contributed by atoms with Crippen LogP contribution in [0.1, 0.15) is 0 Å². The Morgan fingerprint density at radius 2 is 1.25 bits per heavy atom. The molecule has 0 bridgehead atoms. The van der Waals surface area contributed by atoms with E-state index in [0.717, 1.165) is 7.16 Å². The summed E-state index contributed by atoms with van der Waals surface area (Å²) in [7, 11) is 0. The first-order chi connectivity index (χ1) is 3.72. The van der Waals surface area contributed by atoms with Gasteiger partial charge in [0.1, 0.15) is 0 Å². The first kappa shape index (κ1) is 9.78. The molecule has 8 heavy (non-hydrogen) atoms. The lowest BCUT2D eigenvalue weighted by molar-refractivity contribution is 1.62. The van der Waals surface area contributed by atoms with E-state index in [1.54, 1.807) is 0 Å². The molecule has 0 nitrogen and oxygen atoms in total. The zero-order valence-corrected chi connectivity index (χ0v) is 9.75. The van der Waals surface area contributed by atoms with Gasteiger partial charge in [0.15, 0.2) is 0 Å². The molecule has 0 rings (SSSR count). The van der Waals surface area contributed by atoms with Crippen LogP contribution in [0.3, 0.4) is 0 Å². The van der Waals surface area contributed by atoms with Gasteiger partial charge in [0.2, 0.25) is 0 Å². The minimum absolute atomic E-state index is 0.575. The molecule has 0 fully saturated rings. The molecule has 0 aliphatic heterocycles. The normalized spacial score (nSPS) is 13.5. The standard InChI is InChI=1S/C4H4Cl2I2/c5-1-3(7)4(8)2-6/h1-2H2/b4-3+. The van der Waals surface area contributed by atoms with E-state index in [-0.39, 0.29) is 0 Å². The minimum atomic E-state index is 0.575. The molecule has 0 aliphatic carbocycles. The molecule has 0 saturated heterocycles. The molecule has 0 aromatic rings. The third-order valence-electron chi connectivity index (χ3n) is 0.529. The van der Waals surface area contributed by atoms with Crippen LogP contribution in [0.4, 0.5) is 0 Å². The maximum absolute atomic E-state index is 5.50. The molecule has 0 N–H and O–H groups in total. The van der Waals surface area contributed by atoms with Crippen LogP contribution in [0.2, 0.25) is 0 Å². The highest BCUT2D eigenvalue weighted by atomic mass is 127. The van der Waals surface area contributed by atoms with Crippen molar-refractivity contribution in [3.05, 3.63) is 7.16 Å². The summed E-state index contributed by atoms with van der Waals surface area (Å²) in [6.07, 6.45) is 0. The summed E-state index contributed by atoms with van der Waals surface area (Å²) in [5.41, 5.74) is 0. The quantitative estimate of drug-likeness (QED) is 0.511. The van der Waals surface area contributed by atoms with Crippen molar-refractivity contribution in [2.45, 2.75) is 0 Å². The van der Waals surface area contributed by atoms with Gasteiger partial charge >= 0.3 is 0 Å². The summed E-state index contributed by atoms with van der Waals surface area (Å²) in [6, 6.07) is 0. The molecule has 0 spiro atoms. The van der Waals surface area contributed by atoms with Crippen LogP contribution in [0.25, 0.3) is 0 Å². The number of hydrogen-bond donors (Lipinski definition) is 0. The molecule has 0 saturated carbocycles. The average Bonchev–Trinajstić information content (AvgIpc) is 1.84. The molecule has 4 heteroatoms. The summed E-state index contributed by atoms with van der Waals surface area (Å²) in [5, 5.41) is 0. The second kappa shape index (κ2) is 5.56. The number of rotatable bonds is 2. The van der Waals surface area contributed by atoms with Gasteiger partial charge in [0.05, 0.1) is 11.8 Å². The highest BCUT2D eigenvalue weighted by Gasteiger charge is 1.94. The fraction of sp³-hybridized carbons (Fsp3) is 0.500. The number of alkyl halides is 2. The third kappa shape index (κ3) is 3.74. The van der Waals surface area contributed by atoms with Crippen LogP contribution >= 0.6 is 68.4 Å². The van der Waals surface area contributed by atoms with E-state index in [4.69, 9.17) is 23.2 Å². The van der Waals surface area contributed by atoms with Gasteiger partial charge in [-0.1, -0.05) is 0 Å². The summed E-state index contributed by atoms with van der Waals surface area (Å²) < 4.78 is 2.28.